The summed E-state index contributed by atoms with van der Waals surface area (Å²) < 4.78 is 5.59. The van der Waals surface area contributed by atoms with Crippen molar-refractivity contribution < 1.29 is 9.53 Å². The van der Waals surface area contributed by atoms with Crippen LogP contribution in [0.2, 0.25) is 0 Å². The molecule has 0 heterocycles. The van der Waals surface area contributed by atoms with Crippen LogP contribution in [-0.2, 0) is 9.53 Å². The van der Waals surface area contributed by atoms with Gasteiger partial charge in [0.05, 0.1) is 0 Å². The lowest BCUT2D eigenvalue weighted by Crippen LogP contribution is -2.28. The molecule has 0 amide bonds. The van der Waals surface area contributed by atoms with Gasteiger partial charge >= 0.3 is 5.97 Å². The fourth-order valence-corrected chi connectivity index (χ4v) is 2.69. The van der Waals surface area contributed by atoms with Crippen LogP contribution in [0, 0.1) is 10.8 Å². The first-order chi connectivity index (χ1) is 8.74. The van der Waals surface area contributed by atoms with Crippen molar-refractivity contribution in [3.63, 3.8) is 0 Å². The highest BCUT2D eigenvalue weighted by Gasteiger charge is 2.29. The van der Waals surface area contributed by atoms with Crippen LogP contribution in [0.1, 0.15) is 72.6 Å². The Labute approximate surface area is 118 Å². The molecule has 2 N–H and O–H groups in total. The average molecular weight is 269 g/mol. The van der Waals surface area contributed by atoms with Crippen LogP contribution in [0.15, 0.2) is 0 Å². The molecule has 3 nitrogen and oxygen atoms in total. The van der Waals surface area contributed by atoms with Crippen LogP contribution in [-0.4, -0.2) is 18.6 Å². The maximum absolute atomic E-state index is 11.9. The molecule has 1 fully saturated rings. The Bertz CT molecular complexity index is 287. The zero-order valence-corrected chi connectivity index (χ0v) is 13.1. The van der Waals surface area contributed by atoms with Gasteiger partial charge in [-0.2, -0.15) is 0 Å². The molecule has 1 aliphatic rings. The molecule has 0 aromatic rings. The minimum atomic E-state index is -0.0326. The van der Waals surface area contributed by atoms with Gasteiger partial charge < -0.3 is 10.5 Å². The van der Waals surface area contributed by atoms with Gasteiger partial charge in [-0.05, 0) is 55.9 Å². The fraction of sp³-hybridized carbons (Fsp3) is 0.938. The number of ether oxygens (including phenoxy) is 1. The van der Waals surface area contributed by atoms with E-state index in [2.05, 4.69) is 27.7 Å². The van der Waals surface area contributed by atoms with E-state index in [0.29, 0.717) is 18.4 Å². The van der Waals surface area contributed by atoms with E-state index < -0.39 is 0 Å². The molecule has 1 rings (SSSR count). The number of hydrogen-bond donors (Lipinski definition) is 1. The van der Waals surface area contributed by atoms with E-state index in [1.165, 1.54) is 0 Å². The van der Waals surface area contributed by atoms with Gasteiger partial charge in [-0.1, -0.05) is 27.7 Å². The molecule has 112 valence electrons. The first-order valence-corrected chi connectivity index (χ1v) is 7.64. The van der Waals surface area contributed by atoms with Crippen molar-refractivity contribution in [1.29, 1.82) is 0 Å². The van der Waals surface area contributed by atoms with Crippen LogP contribution in [0.5, 0.6) is 0 Å². The summed E-state index contributed by atoms with van der Waals surface area (Å²) in [6.45, 7) is 9.59. The molecule has 0 aromatic heterocycles. The summed E-state index contributed by atoms with van der Waals surface area (Å²) in [5, 5.41) is 0. The smallest absolute Gasteiger partial charge is 0.306 e. The number of rotatable bonds is 6. The summed E-state index contributed by atoms with van der Waals surface area (Å²) >= 11 is 0. The standard InChI is InChI=1S/C16H31NO2/c1-15(2)8-5-13(6-9-15)19-14(18)7-10-16(3,4)11-12-17/h13H,5-12,17H2,1-4H3. The zero-order valence-electron chi connectivity index (χ0n) is 13.1. The van der Waals surface area contributed by atoms with Gasteiger partial charge in [-0.25, -0.2) is 0 Å². The monoisotopic (exact) mass is 269 g/mol. The van der Waals surface area contributed by atoms with E-state index in [1.54, 1.807) is 0 Å². The predicted octanol–water partition coefficient (Wildman–Crippen LogP) is 3.65. The summed E-state index contributed by atoms with van der Waals surface area (Å²) in [7, 11) is 0. The Kier molecular flexibility index (Phi) is 5.84. The SMILES string of the molecule is CC(C)(CCN)CCC(=O)OC1CCC(C)(C)CC1. The Balaban J connectivity index is 2.25. The predicted molar refractivity (Wildman–Crippen MR) is 78.8 cm³/mol. The molecular formula is C16H31NO2. The molecule has 0 bridgehead atoms. The van der Waals surface area contributed by atoms with Crippen LogP contribution >= 0.6 is 0 Å². The first kappa shape index (κ1) is 16.5. The largest absolute Gasteiger partial charge is 0.462 e. The Morgan fingerprint density at radius 3 is 2.37 bits per heavy atom. The van der Waals surface area contributed by atoms with Gasteiger partial charge in [0.2, 0.25) is 0 Å². The second kappa shape index (κ2) is 6.74. The Morgan fingerprint density at radius 1 is 1.26 bits per heavy atom. The minimum Gasteiger partial charge on any atom is -0.462 e. The molecule has 0 unspecified atom stereocenters. The molecule has 19 heavy (non-hydrogen) atoms. The summed E-state index contributed by atoms with van der Waals surface area (Å²) in [6.07, 6.45) is 6.84. The lowest BCUT2D eigenvalue weighted by atomic mass is 9.76. The summed E-state index contributed by atoms with van der Waals surface area (Å²) in [5.74, 6) is -0.0326. The molecule has 0 saturated heterocycles. The van der Waals surface area contributed by atoms with Crippen molar-refractivity contribution in [1.82, 2.24) is 0 Å². The van der Waals surface area contributed by atoms with Crippen molar-refractivity contribution >= 4 is 5.97 Å². The normalized spacial score (nSPS) is 20.3. The number of carbonyl (C=O) groups is 1. The highest BCUT2D eigenvalue weighted by atomic mass is 16.5. The van der Waals surface area contributed by atoms with E-state index in [1.807, 2.05) is 0 Å². The van der Waals surface area contributed by atoms with Gasteiger partial charge in [-0.3, -0.25) is 4.79 Å². The van der Waals surface area contributed by atoms with Crippen molar-refractivity contribution in [3.05, 3.63) is 0 Å². The van der Waals surface area contributed by atoms with Crippen molar-refractivity contribution in [3.8, 4) is 0 Å². The van der Waals surface area contributed by atoms with Crippen LogP contribution in [0.25, 0.3) is 0 Å². The van der Waals surface area contributed by atoms with Crippen LogP contribution < -0.4 is 5.73 Å². The molecule has 0 atom stereocenters. The second-order valence-electron chi connectivity index (χ2n) is 7.56. The lowest BCUT2D eigenvalue weighted by Gasteiger charge is -2.34. The van der Waals surface area contributed by atoms with E-state index in [0.717, 1.165) is 38.5 Å². The molecular weight excluding hydrogens is 238 g/mol. The van der Waals surface area contributed by atoms with E-state index >= 15 is 0 Å². The van der Waals surface area contributed by atoms with Gasteiger partial charge in [0.25, 0.3) is 0 Å². The number of esters is 1. The highest BCUT2D eigenvalue weighted by molar-refractivity contribution is 5.69. The topological polar surface area (TPSA) is 52.3 Å². The molecule has 1 aliphatic carbocycles. The molecule has 0 aliphatic heterocycles. The second-order valence-corrected chi connectivity index (χ2v) is 7.56. The molecule has 0 spiro atoms. The summed E-state index contributed by atoms with van der Waals surface area (Å²) in [5.41, 5.74) is 6.14. The quantitative estimate of drug-likeness (QED) is 0.749. The number of carbonyl (C=O) groups excluding carboxylic acids is 1. The van der Waals surface area contributed by atoms with E-state index in [4.69, 9.17) is 10.5 Å². The average Bonchev–Trinajstić information content (AvgIpc) is 2.30. The fourth-order valence-electron chi connectivity index (χ4n) is 2.69. The Hall–Kier alpha value is -0.570. The van der Waals surface area contributed by atoms with Crippen molar-refractivity contribution in [2.45, 2.75) is 78.7 Å². The lowest BCUT2D eigenvalue weighted by molar-refractivity contribution is -0.152. The van der Waals surface area contributed by atoms with Gasteiger partial charge in [0.1, 0.15) is 6.10 Å². The van der Waals surface area contributed by atoms with Crippen LogP contribution in [0.3, 0.4) is 0 Å². The molecule has 1 saturated carbocycles. The first-order valence-electron chi connectivity index (χ1n) is 7.64. The van der Waals surface area contributed by atoms with E-state index in [-0.39, 0.29) is 17.5 Å². The maximum atomic E-state index is 11.9. The van der Waals surface area contributed by atoms with E-state index in [9.17, 15) is 4.79 Å². The number of nitrogens with two attached hydrogens (primary N) is 1. The van der Waals surface area contributed by atoms with Crippen molar-refractivity contribution in [2.75, 3.05) is 6.54 Å². The van der Waals surface area contributed by atoms with Gasteiger partial charge in [0, 0.05) is 6.42 Å². The highest BCUT2D eigenvalue weighted by Crippen LogP contribution is 2.36. The van der Waals surface area contributed by atoms with Crippen LogP contribution in [0.4, 0.5) is 0 Å². The van der Waals surface area contributed by atoms with Gasteiger partial charge in [-0.15, -0.1) is 0 Å². The molecule has 3 heteroatoms. The maximum Gasteiger partial charge on any atom is 0.306 e. The summed E-state index contributed by atoms with van der Waals surface area (Å²) in [4.78, 5) is 11.9. The third kappa shape index (κ3) is 6.42. The minimum absolute atomic E-state index is 0.0326. The third-order valence-electron chi connectivity index (χ3n) is 4.41. The zero-order chi connectivity index (χ0) is 14.5. The molecule has 0 radical (unpaired) electrons. The van der Waals surface area contributed by atoms with Crippen molar-refractivity contribution in [2.24, 2.45) is 16.6 Å². The summed E-state index contributed by atoms with van der Waals surface area (Å²) in [6, 6.07) is 0. The molecule has 0 aromatic carbocycles. The number of hydrogen-bond acceptors (Lipinski definition) is 3. The van der Waals surface area contributed by atoms with Gasteiger partial charge in [0.15, 0.2) is 0 Å². The third-order valence-corrected chi connectivity index (χ3v) is 4.41. The Morgan fingerprint density at radius 2 is 1.84 bits per heavy atom.